The monoisotopic (exact) mass is 109 g/mol. The molecule has 0 fully saturated rings. The summed E-state index contributed by atoms with van der Waals surface area (Å²) in [5.74, 6) is 0. The van der Waals surface area contributed by atoms with Crippen LogP contribution in [0.1, 0.15) is 6.92 Å². The van der Waals surface area contributed by atoms with Gasteiger partial charge in [0.15, 0.2) is 0 Å². The first-order chi connectivity index (χ1) is 3.72. The molecule has 1 heteroatoms. The highest BCUT2D eigenvalue weighted by molar-refractivity contribution is 5.99. The topological polar surface area (TPSA) is 12.4 Å². The summed E-state index contributed by atoms with van der Waals surface area (Å²) in [4.78, 5) is 3.91. The minimum Gasteiger partial charge on any atom is -0.293 e. The van der Waals surface area contributed by atoms with Crippen molar-refractivity contribution < 1.29 is 0 Å². The second-order valence-electron chi connectivity index (χ2n) is 1.54. The second kappa shape index (κ2) is 3.19. The Kier molecular flexibility index (Phi) is 2.85. The number of hydrogen-bond acceptors (Lipinski definition) is 1. The molecule has 0 aromatic carbocycles. The van der Waals surface area contributed by atoms with Crippen LogP contribution in [0.2, 0.25) is 0 Å². The average molecular weight is 109 g/mol. The fourth-order valence-corrected chi connectivity index (χ4v) is 0.291. The van der Waals surface area contributed by atoms with Gasteiger partial charge in [0.25, 0.3) is 0 Å². The largest absolute Gasteiger partial charge is 0.293 e. The third-order valence-corrected chi connectivity index (χ3v) is 1.05. The van der Waals surface area contributed by atoms with E-state index in [2.05, 4.69) is 18.2 Å². The summed E-state index contributed by atoms with van der Waals surface area (Å²) in [6, 6.07) is 0. The van der Waals surface area contributed by atoms with E-state index in [9.17, 15) is 0 Å². The number of allylic oxidation sites excluding steroid dienone is 2. The summed E-state index contributed by atoms with van der Waals surface area (Å²) in [6.07, 6.45) is 1.70. The van der Waals surface area contributed by atoms with Gasteiger partial charge in [-0.25, -0.2) is 0 Å². The number of nitrogens with zero attached hydrogens (tertiary/aromatic N) is 1. The summed E-state index contributed by atoms with van der Waals surface area (Å²) >= 11 is 0. The first-order valence-electron chi connectivity index (χ1n) is 2.47. The lowest BCUT2D eigenvalue weighted by Crippen LogP contribution is -1.90. The molecule has 8 heavy (non-hydrogen) atoms. The molecule has 0 N–H and O–H groups in total. The Labute approximate surface area is 50.4 Å². The van der Waals surface area contributed by atoms with E-state index >= 15 is 0 Å². The minimum absolute atomic E-state index is 0.896. The Bertz CT molecular complexity index is 131. The van der Waals surface area contributed by atoms with Gasteiger partial charge in [0.2, 0.25) is 0 Å². The highest BCUT2D eigenvalue weighted by Gasteiger charge is 1.86. The van der Waals surface area contributed by atoms with Gasteiger partial charge in [-0.2, -0.15) is 0 Å². The molecule has 0 amide bonds. The third kappa shape index (κ3) is 1.73. The zero-order chi connectivity index (χ0) is 6.57. The van der Waals surface area contributed by atoms with Gasteiger partial charge >= 0.3 is 0 Å². The van der Waals surface area contributed by atoms with E-state index in [1.807, 2.05) is 6.92 Å². The molecule has 0 aliphatic heterocycles. The molecule has 0 rings (SSSR count). The molecule has 0 bridgehead atoms. The van der Waals surface area contributed by atoms with Crippen molar-refractivity contribution >= 4 is 5.71 Å². The zero-order valence-electron chi connectivity index (χ0n) is 5.44. The minimum atomic E-state index is 0.896. The van der Waals surface area contributed by atoms with Crippen LogP contribution in [0.15, 0.2) is 29.8 Å². The van der Waals surface area contributed by atoms with Crippen molar-refractivity contribution in [2.24, 2.45) is 4.99 Å². The average Bonchev–Trinajstić information content (AvgIpc) is 1.84. The molecule has 0 unspecified atom stereocenters. The fraction of sp³-hybridized carbons (Fsp3) is 0.286. The smallest absolute Gasteiger partial charge is 0.0379 e. The predicted molar refractivity (Wildman–Crippen MR) is 38.4 cm³/mol. The van der Waals surface area contributed by atoms with Gasteiger partial charge in [-0.05, 0) is 12.5 Å². The molecule has 0 heterocycles. The van der Waals surface area contributed by atoms with E-state index in [0.29, 0.717) is 0 Å². The first kappa shape index (κ1) is 7.15. The van der Waals surface area contributed by atoms with Crippen LogP contribution in [-0.4, -0.2) is 12.8 Å². The number of rotatable bonds is 2. The lowest BCUT2D eigenvalue weighted by atomic mass is 10.2. The van der Waals surface area contributed by atoms with Crippen LogP contribution in [-0.2, 0) is 0 Å². The van der Waals surface area contributed by atoms with E-state index < -0.39 is 0 Å². The van der Waals surface area contributed by atoms with Crippen molar-refractivity contribution in [1.29, 1.82) is 0 Å². The quantitative estimate of drug-likeness (QED) is 0.379. The van der Waals surface area contributed by atoms with Crippen LogP contribution >= 0.6 is 0 Å². The van der Waals surface area contributed by atoms with Crippen molar-refractivity contribution in [2.75, 3.05) is 7.05 Å². The van der Waals surface area contributed by atoms with Crippen molar-refractivity contribution in [3.63, 3.8) is 0 Å². The van der Waals surface area contributed by atoms with Gasteiger partial charge in [0.05, 0.1) is 0 Å². The highest BCUT2D eigenvalue weighted by atomic mass is 14.7. The van der Waals surface area contributed by atoms with E-state index in [4.69, 9.17) is 0 Å². The molecular weight excluding hydrogens is 98.1 g/mol. The standard InChI is InChI=1S/C7H11N/c1-5-6(2)7(3)8-4/h5H,1-2H2,3-4H3. The van der Waals surface area contributed by atoms with Crippen molar-refractivity contribution in [3.8, 4) is 0 Å². The molecule has 0 saturated heterocycles. The molecule has 0 aliphatic rings. The van der Waals surface area contributed by atoms with Crippen LogP contribution in [0.5, 0.6) is 0 Å². The van der Waals surface area contributed by atoms with Crippen LogP contribution in [0.25, 0.3) is 0 Å². The van der Waals surface area contributed by atoms with Gasteiger partial charge in [0.1, 0.15) is 0 Å². The number of aliphatic imine (C=N–C) groups is 1. The summed E-state index contributed by atoms with van der Waals surface area (Å²) in [5, 5.41) is 0. The molecule has 0 spiro atoms. The summed E-state index contributed by atoms with van der Waals surface area (Å²) in [5.41, 5.74) is 1.84. The van der Waals surface area contributed by atoms with Crippen molar-refractivity contribution in [3.05, 3.63) is 24.8 Å². The zero-order valence-corrected chi connectivity index (χ0v) is 5.44. The lowest BCUT2D eigenvalue weighted by molar-refractivity contribution is 1.42. The summed E-state index contributed by atoms with van der Waals surface area (Å²) in [7, 11) is 1.74. The van der Waals surface area contributed by atoms with Crippen molar-refractivity contribution in [2.45, 2.75) is 6.92 Å². The van der Waals surface area contributed by atoms with E-state index in [1.165, 1.54) is 0 Å². The normalized spacial score (nSPS) is 11.0. The van der Waals surface area contributed by atoms with Gasteiger partial charge in [-0.3, -0.25) is 4.99 Å². The first-order valence-corrected chi connectivity index (χ1v) is 2.47. The Morgan fingerprint density at radius 2 is 2.12 bits per heavy atom. The third-order valence-electron chi connectivity index (χ3n) is 1.05. The van der Waals surface area contributed by atoms with Crippen molar-refractivity contribution in [1.82, 2.24) is 0 Å². The maximum absolute atomic E-state index is 3.91. The van der Waals surface area contributed by atoms with E-state index in [-0.39, 0.29) is 0 Å². The van der Waals surface area contributed by atoms with Crippen LogP contribution < -0.4 is 0 Å². The fourth-order valence-electron chi connectivity index (χ4n) is 0.291. The predicted octanol–water partition coefficient (Wildman–Crippen LogP) is 1.82. The maximum atomic E-state index is 3.91. The molecule has 0 aliphatic carbocycles. The van der Waals surface area contributed by atoms with E-state index in [0.717, 1.165) is 11.3 Å². The molecule has 0 atom stereocenters. The molecular formula is C7H11N. The number of hydrogen-bond donors (Lipinski definition) is 0. The van der Waals surface area contributed by atoms with Gasteiger partial charge in [-0.1, -0.05) is 19.2 Å². The Morgan fingerprint density at radius 1 is 1.62 bits per heavy atom. The molecule has 0 aromatic rings. The lowest BCUT2D eigenvalue weighted by Gasteiger charge is -1.92. The van der Waals surface area contributed by atoms with Gasteiger partial charge in [0, 0.05) is 12.8 Å². The Hall–Kier alpha value is -0.850. The SMILES string of the molecule is C=CC(=C)C(C)=NC. The Morgan fingerprint density at radius 3 is 2.25 bits per heavy atom. The van der Waals surface area contributed by atoms with E-state index in [1.54, 1.807) is 13.1 Å². The maximum Gasteiger partial charge on any atom is 0.0379 e. The summed E-state index contributed by atoms with van der Waals surface area (Å²) < 4.78 is 0. The van der Waals surface area contributed by atoms with Crippen LogP contribution in [0.4, 0.5) is 0 Å². The molecule has 44 valence electrons. The molecule has 0 saturated carbocycles. The van der Waals surface area contributed by atoms with Gasteiger partial charge < -0.3 is 0 Å². The molecule has 1 nitrogen and oxygen atoms in total. The highest BCUT2D eigenvalue weighted by Crippen LogP contribution is 1.92. The Balaban J connectivity index is 4.03. The van der Waals surface area contributed by atoms with Crippen LogP contribution in [0.3, 0.4) is 0 Å². The van der Waals surface area contributed by atoms with Crippen LogP contribution in [0, 0.1) is 0 Å². The second-order valence-corrected chi connectivity index (χ2v) is 1.54. The molecule has 0 aromatic heterocycles. The molecule has 0 radical (unpaired) electrons. The summed E-state index contributed by atoms with van der Waals surface area (Å²) in [6.45, 7) is 9.15. The van der Waals surface area contributed by atoms with Gasteiger partial charge in [-0.15, -0.1) is 0 Å².